The molecule has 5 heteroatoms. The van der Waals surface area contributed by atoms with Gasteiger partial charge in [0, 0.05) is 0 Å². The van der Waals surface area contributed by atoms with Crippen molar-refractivity contribution >= 4 is 53.8 Å². The Morgan fingerprint density at radius 1 is 0.593 bits per heavy atom. The first-order chi connectivity index (χ1) is 13.0. The summed E-state index contributed by atoms with van der Waals surface area (Å²) in [6.07, 6.45) is 24.5. The van der Waals surface area contributed by atoms with Crippen molar-refractivity contribution in [3.05, 3.63) is 0 Å². The van der Waals surface area contributed by atoms with E-state index in [0.29, 0.717) is 6.61 Å². The van der Waals surface area contributed by atoms with E-state index in [1.165, 1.54) is 103 Å². The lowest BCUT2D eigenvalue weighted by molar-refractivity contribution is -0.141. The molecule has 0 aliphatic heterocycles. The minimum absolute atomic E-state index is 0.325. The van der Waals surface area contributed by atoms with Crippen molar-refractivity contribution in [3.63, 3.8) is 0 Å². The summed E-state index contributed by atoms with van der Waals surface area (Å²) in [6, 6.07) is 0. The highest BCUT2D eigenvalue weighted by Crippen LogP contribution is 2.34. The molecule has 0 radical (unpaired) electrons. The highest BCUT2D eigenvalue weighted by atomic mass is 80.0. The van der Waals surface area contributed by atoms with Gasteiger partial charge >= 0.3 is 5.97 Å². The minimum atomic E-state index is -0.929. The van der Waals surface area contributed by atoms with Gasteiger partial charge in [-0.1, -0.05) is 116 Å². The van der Waals surface area contributed by atoms with Crippen LogP contribution in [0.1, 0.15) is 122 Å². The third-order valence-electron chi connectivity index (χ3n) is 4.96. The maximum atomic E-state index is 11.5. The smallest absolute Gasteiger partial charge is 0.344 e. The van der Waals surface area contributed by atoms with Gasteiger partial charge in [0.1, 0.15) is 0 Å². The maximum Gasteiger partial charge on any atom is 0.344 e. The molecule has 0 N–H and O–H groups in total. The van der Waals surface area contributed by atoms with Gasteiger partial charge in [0.15, 0.2) is 0 Å². The number of unbranched alkanes of at least 4 members (excludes halogenated alkanes) is 17. The highest BCUT2D eigenvalue weighted by molar-refractivity contribution is 9.40. The number of hydrogen-bond donors (Lipinski definition) is 0. The zero-order chi connectivity index (χ0) is 20.2. The number of halogens is 3. The first kappa shape index (κ1) is 27.9. The number of rotatable bonds is 19. The Morgan fingerprint density at radius 2 is 0.889 bits per heavy atom. The van der Waals surface area contributed by atoms with Crippen molar-refractivity contribution < 1.29 is 9.53 Å². The van der Waals surface area contributed by atoms with Gasteiger partial charge in [0.2, 0.25) is 2.14 Å². The molecule has 0 atom stereocenters. The summed E-state index contributed by atoms with van der Waals surface area (Å²) in [5, 5.41) is 0. The van der Waals surface area contributed by atoms with Crippen LogP contribution in [0.15, 0.2) is 0 Å². The zero-order valence-electron chi connectivity index (χ0n) is 17.4. The van der Waals surface area contributed by atoms with E-state index in [9.17, 15) is 4.79 Å². The van der Waals surface area contributed by atoms with E-state index in [4.69, 9.17) is 4.74 Å². The predicted molar refractivity (Wildman–Crippen MR) is 129 cm³/mol. The standard InChI is InChI=1S/C22H41Br3O2/c1-2-3-4-5-6-7-8-9-10-11-12-13-14-15-16-17-18-19-20-27-21(26)22(23,24)25/h2-20H2,1H3. The molecular formula is C22H41Br3O2. The third kappa shape index (κ3) is 21.4. The molecule has 0 bridgehead atoms. The number of carbonyl (C=O) groups is 1. The second-order valence-electron chi connectivity index (χ2n) is 7.64. The average Bonchev–Trinajstić information content (AvgIpc) is 2.62. The van der Waals surface area contributed by atoms with E-state index in [-0.39, 0.29) is 5.97 Å². The molecule has 0 aliphatic rings. The molecule has 0 spiro atoms. The molecule has 0 saturated heterocycles. The van der Waals surface area contributed by atoms with Crippen LogP contribution in [0.3, 0.4) is 0 Å². The molecule has 0 aromatic heterocycles. The Balaban J connectivity index is 3.10. The maximum absolute atomic E-state index is 11.5. The van der Waals surface area contributed by atoms with Crippen LogP contribution in [-0.2, 0) is 9.53 Å². The molecule has 0 heterocycles. The summed E-state index contributed by atoms with van der Waals surface area (Å²) in [7, 11) is 0. The number of ether oxygens (including phenoxy) is 1. The van der Waals surface area contributed by atoms with Gasteiger partial charge in [-0.3, -0.25) is 0 Å². The van der Waals surface area contributed by atoms with E-state index in [1.54, 1.807) is 0 Å². The van der Waals surface area contributed by atoms with Crippen LogP contribution >= 0.6 is 47.8 Å². The first-order valence-corrected chi connectivity index (χ1v) is 13.6. The van der Waals surface area contributed by atoms with Gasteiger partial charge in [-0.15, -0.1) is 0 Å². The molecule has 0 aliphatic carbocycles. The van der Waals surface area contributed by atoms with Crippen molar-refractivity contribution in [1.82, 2.24) is 0 Å². The molecule has 0 fully saturated rings. The number of esters is 1. The molecule has 0 rings (SSSR count). The Bertz CT molecular complexity index is 330. The van der Waals surface area contributed by atoms with Crippen molar-refractivity contribution in [2.45, 2.75) is 125 Å². The quantitative estimate of drug-likeness (QED) is 0.0869. The van der Waals surface area contributed by atoms with Crippen molar-refractivity contribution in [1.29, 1.82) is 0 Å². The van der Waals surface area contributed by atoms with Gasteiger partial charge in [0.25, 0.3) is 0 Å². The third-order valence-corrected chi connectivity index (χ3v) is 5.93. The van der Waals surface area contributed by atoms with Crippen LogP contribution in [0, 0.1) is 0 Å². The molecule has 0 unspecified atom stereocenters. The van der Waals surface area contributed by atoms with Crippen LogP contribution in [0.4, 0.5) is 0 Å². The monoisotopic (exact) mass is 574 g/mol. The molecule has 0 amide bonds. The summed E-state index contributed by atoms with van der Waals surface area (Å²) in [5.41, 5.74) is 0. The van der Waals surface area contributed by atoms with Crippen LogP contribution < -0.4 is 0 Å². The topological polar surface area (TPSA) is 26.3 Å². The minimum Gasteiger partial charge on any atom is -0.463 e. The van der Waals surface area contributed by atoms with Crippen LogP contribution in [0.25, 0.3) is 0 Å². The fourth-order valence-corrected chi connectivity index (χ4v) is 3.59. The SMILES string of the molecule is CCCCCCCCCCCCCCCCCCCCOC(=O)C(Br)(Br)Br. The second kappa shape index (κ2) is 20.2. The van der Waals surface area contributed by atoms with E-state index >= 15 is 0 Å². The fourth-order valence-electron chi connectivity index (χ4n) is 3.25. The Kier molecular flexibility index (Phi) is 20.9. The second-order valence-corrected chi connectivity index (χ2v) is 14.4. The van der Waals surface area contributed by atoms with Gasteiger partial charge in [-0.2, -0.15) is 0 Å². The number of hydrogen-bond acceptors (Lipinski definition) is 2. The summed E-state index contributed by atoms with van der Waals surface area (Å²) < 4.78 is 4.23. The van der Waals surface area contributed by atoms with E-state index in [1.807, 2.05) is 0 Å². The largest absolute Gasteiger partial charge is 0.463 e. The first-order valence-electron chi connectivity index (χ1n) is 11.2. The summed E-state index contributed by atoms with van der Waals surface area (Å²) in [6.45, 7) is 2.79. The van der Waals surface area contributed by atoms with Crippen molar-refractivity contribution in [2.24, 2.45) is 0 Å². The zero-order valence-corrected chi connectivity index (χ0v) is 22.1. The van der Waals surface area contributed by atoms with E-state index in [2.05, 4.69) is 54.7 Å². The predicted octanol–water partition coefficient (Wildman–Crippen LogP) is 9.41. The van der Waals surface area contributed by atoms with Gasteiger partial charge < -0.3 is 4.74 Å². The van der Waals surface area contributed by atoms with Crippen molar-refractivity contribution in [3.8, 4) is 0 Å². The van der Waals surface area contributed by atoms with Gasteiger partial charge in [-0.25, -0.2) is 4.79 Å². The van der Waals surface area contributed by atoms with Crippen molar-refractivity contribution in [2.75, 3.05) is 6.61 Å². The van der Waals surface area contributed by atoms with Crippen LogP contribution in [-0.4, -0.2) is 14.7 Å². The Hall–Kier alpha value is 0.910. The summed E-state index contributed by atoms with van der Waals surface area (Å²) >= 11 is 9.47. The molecule has 162 valence electrons. The lowest BCUT2D eigenvalue weighted by atomic mass is 10.0. The van der Waals surface area contributed by atoms with Gasteiger partial charge in [-0.05, 0) is 54.2 Å². The molecule has 0 aromatic carbocycles. The highest BCUT2D eigenvalue weighted by Gasteiger charge is 2.30. The Morgan fingerprint density at radius 3 is 1.19 bits per heavy atom. The Labute approximate surface area is 193 Å². The fraction of sp³-hybridized carbons (Fsp3) is 0.955. The molecule has 0 saturated carbocycles. The lowest BCUT2D eigenvalue weighted by Crippen LogP contribution is -2.20. The number of alkyl halides is 3. The van der Waals surface area contributed by atoms with Crippen LogP contribution in [0.2, 0.25) is 0 Å². The molecule has 2 nitrogen and oxygen atoms in total. The molecular weight excluding hydrogens is 536 g/mol. The van der Waals surface area contributed by atoms with E-state index < -0.39 is 2.14 Å². The van der Waals surface area contributed by atoms with Crippen LogP contribution in [0.5, 0.6) is 0 Å². The number of carbonyl (C=O) groups excluding carboxylic acids is 1. The molecule has 27 heavy (non-hydrogen) atoms. The summed E-state index contributed by atoms with van der Waals surface area (Å²) in [5.74, 6) is -0.325. The summed E-state index contributed by atoms with van der Waals surface area (Å²) in [4.78, 5) is 11.5. The average molecular weight is 577 g/mol. The van der Waals surface area contributed by atoms with E-state index in [0.717, 1.165) is 12.8 Å². The normalized spacial score (nSPS) is 11.7. The molecule has 0 aromatic rings. The lowest BCUT2D eigenvalue weighted by Gasteiger charge is -2.11. The van der Waals surface area contributed by atoms with Gasteiger partial charge in [0.05, 0.1) is 6.61 Å².